The summed E-state index contributed by atoms with van der Waals surface area (Å²) >= 11 is 11.9. The first-order chi connectivity index (χ1) is 17.9. The number of hydrogen-bond donors (Lipinski definition) is 2. The Kier molecular flexibility index (Phi) is 6.81. The average molecular weight is 526 g/mol. The number of thiocarbonyl (C=S) groups is 1. The summed E-state index contributed by atoms with van der Waals surface area (Å²) < 4.78 is 0. The Morgan fingerprint density at radius 1 is 0.757 bits per heavy atom. The summed E-state index contributed by atoms with van der Waals surface area (Å²) in [6.45, 7) is 0. The zero-order chi connectivity index (χ0) is 25.9. The lowest BCUT2D eigenvalue weighted by molar-refractivity contribution is -0.120. The molecule has 37 heavy (non-hydrogen) atoms. The van der Waals surface area contributed by atoms with Crippen LogP contribution in [-0.4, -0.2) is 22.8 Å². The molecule has 0 saturated carbocycles. The molecule has 0 unspecified atom stereocenters. The molecule has 5 rings (SSSR count). The van der Waals surface area contributed by atoms with Gasteiger partial charge in [0.05, 0.1) is 33.4 Å². The van der Waals surface area contributed by atoms with Crippen LogP contribution in [-0.2, 0) is 4.79 Å². The fraction of sp³-hybridized carbons (Fsp3) is 0.0345. The molecule has 8 heteroatoms. The van der Waals surface area contributed by atoms with Crippen molar-refractivity contribution >= 4 is 58.0 Å². The molecule has 0 radical (unpaired) electrons. The lowest BCUT2D eigenvalue weighted by atomic mass is 9.90. The Balaban J connectivity index is 1.32. The van der Waals surface area contributed by atoms with E-state index in [1.165, 1.54) is 6.07 Å². The van der Waals surface area contributed by atoms with Gasteiger partial charge in [-0.2, -0.15) is 0 Å². The third-order valence-corrected chi connectivity index (χ3v) is 6.53. The van der Waals surface area contributed by atoms with E-state index in [-0.39, 0.29) is 16.0 Å². The van der Waals surface area contributed by atoms with Gasteiger partial charge in [0.2, 0.25) is 5.91 Å². The summed E-state index contributed by atoms with van der Waals surface area (Å²) in [6, 6.07) is 30.2. The van der Waals surface area contributed by atoms with E-state index in [4.69, 9.17) is 23.8 Å². The maximum Gasteiger partial charge on any atom is 0.266 e. The van der Waals surface area contributed by atoms with Crippen LogP contribution in [0, 0.1) is 0 Å². The molecule has 4 aromatic rings. The summed E-state index contributed by atoms with van der Waals surface area (Å²) in [5.74, 6) is -1.68. The van der Waals surface area contributed by atoms with Gasteiger partial charge >= 0.3 is 0 Å². The van der Waals surface area contributed by atoms with Gasteiger partial charge in [0.1, 0.15) is 0 Å². The number of anilines is 2. The highest BCUT2D eigenvalue weighted by Gasteiger charge is 2.36. The summed E-state index contributed by atoms with van der Waals surface area (Å²) in [5.41, 5.74) is 3.12. The molecule has 3 amide bonds. The minimum atomic E-state index is -0.561. The monoisotopic (exact) mass is 525 g/mol. The van der Waals surface area contributed by atoms with E-state index in [9.17, 15) is 14.4 Å². The molecule has 0 bridgehead atoms. The van der Waals surface area contributed by atoms with Crippen molar-refractivity contribution in [2.75, 3.05) is 10.2 Å². The number of carbonyl (C=O) groups excluding carboxylic acids is 3. The molecule has 6 nitrogen and oxygen atoms in total. The van der Waals surface area contributed by atoms with Crippen LogP contribution in [0.25, 0.3) is 0 Å². The number of hydrogen-bond acceptors (Lipinski definition) is 4. The van der Waals surface area contributed by atoms with Crippen LogP contribution in [0.1, 0.15) is 37.8 Å². The molecule has 0 atom stereocenters. The zero-order valence-electron chi connectivity index (χ0n) is 19.4. The van der Waals surface area contributed by atoms with Gasteiger partial charge in [-0.05, 0) is 53.7 Å². The molecule has 0 aliphatic carbocycles. The number of nitrogens with zero attached hydrogens (tertiary/aromatic N) is 1. The molecule has 0 spiro atoms. The number of carbonyl (C=O) groups is 3. The molecule has 0 aromatic heterocycles. The number of rotatable bonds is 5. The number of nitrogens with one attached hydrogen (secondary N) is 2. The molecule has 2 N–H and O–H groups in total. The third-order valence-electron chi connectivity index (χ3n) is 6.02. The van der Waals surface area contributed by atoms with E-state index < -0.39 is 17.7 Å². The predicted molar refractivity (Wildman–Crippen MR) is 148 cm³/mol. The molecule has 182 valence electrons. The SMILES string of the molecule is O=C(NC(=S)Nc1ccc(N2C(=O)c3ccccc3C2=O)cc1Cl)C(c1ccccc1)c1ccccc1. The highest BCUT2D eigenvalue weighted by molar-refractivity contribution is 7.80. The van der Waals surface area contributed by atoms with Crippen LogP contribution in [0.2, 0.25) is 5.02 Å². The standard InChI is InChI=1S/C29H20ClN3O3S/c30-23-17-20(33-27(35)21-13-7-8-14-22(21)28(33)36)15-16-24(23)31-29(37)32-26(34)25(18-9-3-1-4-10-18)19-11-5-2-6-12-19/h1-17,25H,(H2,31,32,34,37). The highest BCUT2D eigenvalue weighted by Crippen LogP contribution is 2.33. The van der Waals surface area contributed by atoms with Gasteiger partial charge in [0.15, 0.2) is 5.11 Å². The number of benzene rings is 4. The second-order valence-electron chi connectivity index (χ2n) is 8.35. The largest absolute Gasteiger partial charge is 0.331 e. The first kappa shape index (κ1) is 24.4. The summed E-state index contributed by atoms with van der Waals surface area (Å²) in [5, 5.41) is 5.98. The predicted octanol–water partition coefficient (Wildman–Crippen LogP) is 5.79. The highest BCUT2D eigenvalue weighted by atomic mass is 35.5. The van der Waals surface area contributed by atoms with E-state index >= 15 is 0 Å². The van der Waals surface area contributed by atoms with Crippen LogP contribution >= 0.6 is 23.8 Å². The van der Waals surface area contributed by atoms with Crippen molar-refractivity contribution in [1.29, 1.82) is 0 Å². The van der Waals surface area contributed by atoms with Crippen LogP contribution in [0.4, 0.5) is 11.4 Å². The Morgan fingerprint density at radius 2 is 1.27 bits per heavy atom. The van der Waals surface area contributed by atoms with Crippen LogP contribution in [0.3, 0.4) is 0 Å². The van der Waals surface area contributed by atoms with Crippen molar-refractivity contribution in [3.8, 4) is 0 Å². The Bertz CT molecular complexity index is 1450. The molecule has 1 aliphatic heterocycles. The number of halogens is 1. The number of fused-ring (bicyclic) bond motifs is 1. The topological polar surface area (TPSA) is 78.5 Å². The van der Waals surface area contributed by atoms with E-state index in [2.05, 4.69) is 10.6 Å². The van der Waals surface area contributed by atoms with Crippen LogP contribution < -0.4 is 15.5 Å². The van der Waals surface area contributed by atoms with E-state index in [1.54, 1.807) is 36.4 Å². The van der Waals surface area contributed by atoms with Crippen LogP contribution in [0.15, 0.2) is 103 Å². The third kappa shape index (κ3) is 4.87. The van der Waals surface area contributed by atoms with Crippen LogP contribution in [0.5, 0.6) is 0 Å². The van der Waals surface area contributed by atoms with Crippen molar-refractivity contribution < 1.29 is 14.4 Å². The Labute approximate surface area is 223 Å². The fourth-order valence-corrected chi connectivity index (χ4v) is 4.72. The number of amides is 3. The van der Waals surface area contributed by atoms with Gasteiger partial charge in [-0.15, -0.1) is 0 Å². The quantitative estimate of drug-likeness (QED) is 0.255. The van der Waals surface area contributed by atoms with E-state index in [1.807, 2.05) is 60.7 Å². The molecule has 1 heterocycles. The molecule has 1 aliphatic rings. The Morgan fingerprint density at radius 3 is 1.78 bits per heavy atom. The molecule has 0 saturated heterocycles. The second kappa shape index (κ2) is 10.3. The minimum Gasteiger partial charge on any atom is -0.331 e. The molecular weight excluding hydrogens is 506 g/mol. The summed E-state index contributed by atoms with van der Waals surface area (Å²) in [7, 11) is 0. The number of imide groups is 1. The molecule has 4 aromatic carbocycles. The van der Waals surface area contributed by atoms with Gasteiger partial charge < -0.3 is 10.6 Å². The van der Waals surface area contributed by atoms with E-state index in [0.717, 1.165) is 16.0 Å². The van der Waals surface area contributed by atoms with Gasteiger partial charge in [-0.1, -0.05) is 84.4 Å². The lowest BCUT2D eigenvalue weighted by Gasteiger charge is -2.19. The first-order valence-corrected chi connectivity index (χ1v) is 12.2. The lowest BCUT2D eigenvalue weighted by Crippen LogP contribution is -2.38. The maximum atomic E-state index is 13.3. The van der Waals surface area contributed by atoms with Gasteiger partial charge in [0.25, 0.3) is 11.8 Å². The smallest absolute Gasteiger partial charge is 0.266 e. The molecular formula is C29H20ClN3O3S. The van der Waals surface area contributed by atoms with Gasteiger partial charge in [-0.3, -0.25) is 14.4 Å². The van der Waals surface area contributed by atoms with Gasteiger partial charge in [0, 0.05) is 0 Å². The van der Waals surface area contributed by atoms with Gasteiger partial charge in [-0.25, -0.2) is 4.90 Å². The Hall–Kier alpha value is -4.33. The summed E-state index contributed by atoms with van der Waals surface area (Å²) in [4.78, 5) is 39.9. The molecule has 0 fully saturated rings. The van der Waals surface area contributed by atoms with Crippen molar-refractivity contribution in [1.82, 2.24) is 5.32 Å². The minimum absolute atomic E-state index is 0.0669. The normalized spacial score (nSPS) is 12.4. The maximum absolute atomic E-state index is 13.3. The average Bonchev–Trinajstić information content (AvgIpc) is 3.16. The second-order valence-corrected chi connectivity index (χ2v) is 9.17. The van der Waals surface area contributed by atoms with Crippen molar-refractivity contribution in [3.63, 3.8) is 0 Å². The fourth-order valence-electron chi connectivity index (χ4n) is 4.29. The first-order valence-electron chi connectivity index (χ1n) is 11.4. The summed E-state index contributed by atoms with van der Waals surface area (Å²) in [6.07, 6.45) is 0. The van der Waals surface area contributed by atoms with E-state index in [0.29, 0.717) is 22.5 Å². The van der Waals surface area contributed by atoms with Crippen molar-refractivity contribution in [2.24, 2.45) is 0 Å². The zero-order valence-corrected chi connectivity index (χ0v) is 20.9. The van der Waals surface area contributed by atoms with Crippen molar-refractivity contribution in [3.05, 3.63) is 130 Å². The van der Waals surface area contributed by atoms with Crippen molar-refractivity contribution in [2.45, 2.75) is 5.92 Å².